The smallest absolute Gasteiger partial charge is 0.367 e. The lowest BCUT2D eigenvalue weighted by Crippen LogP contribution is -2.16. The summed E-state index contributed by atoms with van der Waals surface area (Å²) in [6.45, 7) is 7.13. The molecule has 2 rings (SSSR count). The van der Waals surface area contributed by atoms with Crippen molar-refractivity contribution in [2.45, 2.75) is 27.7 Å². The molecular weight excluding hydrogens is 282 g/mol. The van der Waals surface area contributed by atoms with Gasteiger partial charge in [0.1, 0.15) is 5.76 Å². The summed E-state index contributed by atoms with van der Waals surface area (Å²) in [4.78, 5) is 28.1. The highest BCUT2D eigenvalue weighted by molar-refractivity contribution is 6.11. The Hall–Kier alpha value is -2.43. The number of carbonyl (C=O) groups excluding carboxylic acids is 2. The second kappa shape index (κ2) is 6.56. The maximum atomic E-state index is 12.1. The number of carbonyl (C=O) groups is 2. The normalized spacial score (nSPS) is 16.6. The van der Waals surface area contributed by atoms with Crippen molar-refractivity contribution in [1.82, 2.24) is 0 Å². The van der Waals surface area contributed by atoms with E-state index in [1.54, 1.807) is 26.0 Å². The van der Waals surface area contributed by atoms with Crippen LogP contribution in [-0.2, 0) is 19.1 Å². The molecule has 1 aliphatic heterocycles. The Morgan fingerprint density at radius 3 is 2.27 bits per heavy atom. The molecule has 1 aromatic rings. The molecule has 0 aliphatic carbocycles. The molecule has 0 unspecified atom stereocenters. The van der Waals surface area contributed by atoms with E-state index in [9.17, 15) is 9.59 Å². The minimum absolute atomic E-state index is 0.0582. The number of aliphatic imine (C=N–C) groups is 1. The van der Waals surface area contributed by atoms with Crippen LogP contribution < -0.4 is 0 Å². The van der Waals surface area contributed by atoms with Gasteiger partial charge in [-0.1, -0.05) is 45.9 Å². The quantitative estimate of drug-likeness (QED) is 0.487. The van der Waals surface area contributed by atoms with Crippen LogP contribution in [-0.4, -0.2) is 17.8 Å². The van der Waals surface area contributed by atoms with Crippen molar-refractivity contribution >= 4 is 17.8 Å². The van der Waals surface area contributed by atoms with Crippen LogP contribution in [0.3, 0.4) is 0 Å². The van der Waals surface area contributed by atoms with E-state index in [1.807, 2.05) is 32.0 Å². The Bertz CT molecular complexity index is 642. The number of ether oxygens (including phenoxy) is 2. The van der Waals surface area contributed by atoms with E-state index in [1.165, 1.54) is 0 Å². The average molecular weight is 301 g/mol. The number of esters is 2. The van der Waals surface area contributed by atoms with Crippen molar-refractivity contribution in [2.75, 3.05) is 0 Å². The molecule has 0 aromatic heterocycles. The number of nitrogens with zero attached hydrogens (tertiary/aromatic N) is 1. The summed E-state index contributed by atoms with van der Waals surface area (Å²) in [7, 11) is 0. The number of hydrogen-bond acceptors (Lipinski definition) is 5. The Morgan fingerprint density at radius 1 is 1.09 bits per heavy atom. The molecular formula is C17H19NO4. The zero-order chi connectivity index (χ0) is 16.3. The molecule has 0 atom stereocenters. The molecule has 0 saturated carbocycles. The lowest BCUT2D eigenvalue weighted by atomic mass is 10.1. The average Bonchev–Trinajstić information content (AvgIpc) is 2.86. The molecule has 0 fully saturated rings. The van der Waals surface area contributed by atoms with Crippen molar-refractivity contribution in [2.24, 2.45) is 16.8 Å². The first-order chi connectivity index (χ1) is 10.4. The molecule has 1 aliphatic rings. The van der Waals surface area contributed by atoms with Gasteiger partial charge in [0.15, 0.2) is 5.70 Å². The fourth-order valence-corrected chi connectivity index (χ4v) is 1.83. The third-order valence-electron chi connectivity index (χ3n) is 3.06. The van der Waals surface area contributed by atoms with E-state index in [0.29, 0.717) is 5.56 Å². The Morgan fingerprint density at radius 2 is 1.73 bits per heavy atom. The number of cyclic esters (lactones) is 1. The topological polar surface area (TPSA) is 65.0 Å². The number of allylic oxidation sites excluding steroid dienone is 1. The molecule has 0 bridgehead atoms. The third-order valence-corrected chi connectivity index (χ3v) is 3.06. The van der Waals surface area contributed by atoms with Gasteiger partial charge < -0.3 is 9.47 Å². The van der Waals surface area contributed by atoms with Gasteiger partial charge in [-0.15, -0.1) is 0 Å². The van der Waals surface area contributed by atoms with Crippen LogP contribution in [0.25, 0.3) is 0 Å². The SMILES string of the molecule is CC(C)C(=O)OC(=C1N=C(c2ccccc2)OC1=O)C(C)C. The predicted molar refractivity (Wildman–Crippen MR) is 81.9 cm³/mol. The zero-order valence-electron chi connectivity index (χ0n) is 13.1. The van der Waals surface area contributed by atoms with Crippen LogP contribution in [0.2, 0.25) is 0 Å². The van der Waals surface area contributed by atoms with Gasteiger partial charge >= 0.3 is 11.9 Å². The van der Waals surface area contributed by atoms with Crippen LogP contribution in [0.15, 0.2) is 46.8 Å². The summed E-state index contributed by atoms with van der Waals surface area (Å²) in [5.41, 5.74) is 0.756. The van der Waals surface area contributed by atoms with Crippen LogP contribution in [0.4, 0.5) is 0 Å². The van der Waals surface area contributed by atoms with Crippen LogP contribution in [0.5, 0.6) is 0 Å². The van der Waals surface area contributed by atoms with Crippen molar-refractivity contribution in [3.05, 3.63) is 47.4 Å². The van der Waals surface area contributed by atoms with Crippen LogP contribution >= 0.6 is 0 Å². The first-order valence-corrected chi connectivity index (χ1v) is 7.22. The van der Waals surface area contributed by atoms with E-state index in [-0.39, 0.29) is 29.2 Å². The van der Waals surface area contributed by atoms with E-state index in [2.05, 4.69) is 4.99 Å². The number of rotatable bonds is 4. The van der Waals surface area contributed by atoms with Gasteiger partial charge in [-0.25, -0.2) is 9.79 Å². The minimum atomic E-state index is -0.598. The molecule has 0 spiro atoms. The van der Waals surface area contributed by atoms with Gasteiger partial charge in [-0.05, 0) is 12.1 Å². The molecule has 0 radical (unpaired) electrons. The summed E-state index contributed by atoms with van der Waals surface area (Å²) >= 11 is 0. The van der Waals surface area contributed by atoms with Crippen molar-refractivity contribution in [3.8, 4) is 0 Å². The van der Waals surface area contributed by atoms with Gasteiger partial charge in [0, 0.05) is 11.5 Å². The second-order valence-electron chi connectivity index (χ2n) is 5.62. The lowest BCUT2D eigenvalue weighted by Gasteiger charge is -2.13. The fourth-order valence-electron chi connectivity index (χ4n) is 1.83. The predicted octanol–water partition coefficient (Wildman–Crippen LogP) is 3.06. The summed E-state index contributed by atoms with van der Waals surface area (Å²) in [6, 6.07) is 9.11. The van der Waals surface area contributed by atoms with Crippen LogP contribution in [0, 0.1) is 11.8 Å². The maximum absolute atomic E-state index is 12.1. The van der Waals surface area contributed by atoms with Gasteiger partial charge in [0.05, 0.1) is 5.92 Å². The summed E-state index contributed by atoms with van der Waals surface area (Å²) in [6.07, 6.45) is 0. The molecule has 1 heterocycles. The van der Waals surface area contributed by atoms with Crippen molar-refractivity contribution in [1.29, 1.82) is 0 Å². The third kappa shape index (κ3) is 3.42. The molecule has 116 valence electrons. The monoisotopic (exact) mass is 301 g/mol. The standard InChI is InChI=1S/C17H19NO4/c1-10(2)14(21-16(19)11(3)4)13-17(20)22-15(18-13)12-8-6-5-7-9-12/h5-11H,1-4H3. The highest BCUT2D eigenvalue weighted by Gasteiger charge is 2.31. The number of benzene rings is 1. The number of hydrogen-bond donors (Lipinski definition) is 0. The van der Waals surface area contributed by atoms with E-state index < -0.39 is 11.9 Å². The first kappa shape index (κ1) is 15.9. The van der Waals surface area contributed by atoms with E-state index in [4.69, 9.17) is 9.47 Å². The second-order valence-corrected chi connectivity index (χ2v) is 5.62. The first-order valence-electron chi connectivity index (χ1n) is 7.22. The van der Waals surface area contributed by atoms with Crippen molar-refractivity contribution in [3.63, 3.8) is 0 Å². The lowest BCUT2D eigenvalue weighted by molar-refractivity contribution is -0.144. The highest BCUT2D eigenvalue weighted by atomic mass is 16.6. The molecule has 5 heteroatoms. The largest absolute Gasteiger partial charge is 0.428 e. The Labute approximate surface area is 129 Å². The van der Waals surface area contributed by atoms with Crippen molar-refractivity contribution < 1.29 is 19.1 Å². The molecule has 1 aromatic carbocycles. The Balaban J connectivity index is 2.39. The summed E-state index contributed by atoms with van der Waals surface area (Å²) in [5, 5.41) is 0. The van der Waals surface area contributed by atoms with Gasteiger partial charge in [0.2, 0.25) is 5.90 Å². The summed E-state index contributed by atoms with van der Waals surface area (Å²) in [5.74, 6) is -0.978. The Kier molecular flexibility index (Phi) is 4.75. The van der Waals surface area contributed by atoms with E-state index >= 15 is 0 Å². The maximum Gasteiger partial charge on any atom is 0.367 e. The highest BCUT2D eigenvalue weighted by Crippen LogP contribution is 2.25. The zero-order valence-corrected chi connectivity index (χ0v) is 13.1. The molecule has 22 heavy (non-hydrogen) atoms. The summed E-state index contributed by atoms with van der Waals surface area (Å²) < 4.78 is 10.5. The molecule has 0 amide bonds. The molecule has 0 N–H and O–H groups in total. The molecule has 5 nitrogen and oxygen atoms in total. The fraction of sp³-hybridized carbons (Fsp3) is 0.353. The minimum Gasteiger partial charge on any atom is -0.428 e. The van der Waals surface area contributed by atoms with Gasteiger partial charge in [0.25, 0.3) is 0 Å². The molecule has 0 saturated heterocycles. The van der Waals surface area contributed by atoms with E-state index in [0.717, 1.165) is 0 Å². The van der Waals surface area contributed by atoms with Crippen LogP contribution in [0.1, 0.15) is 33.3 Å². The van der Waals surface area contributed by atoms with Gasteiger partial charge in [-0.2, -0.15) is 0 Å². The van der Waals surface area contributed by atoms with Gasteiger partial charge in [-0.3, -0.25) is 4.79 Å².